The van der Waals surface area contributed by atoms with Crippen molar-refractivity contribution in [1.82, 2.24) is 25.5 Å². The molecule has 26 heavy (non-hydrogen) atoms. The Morgan fingerprint density at radius 3 is 2.81 bits per heavy atom. The van der Waals surface area contributed by atoms with Gasteiger partial charge in [0.15, 0.2) is 5.69 Å². The normalized spacial score (nSPS) is 28.0. The first kappa shape index (κ1) is 18.8. The van der Waals surface area contributed by atoms with Crippen molar-refractivity contribution >= 4 is 18.3 Å². The summed E-state index contributed by atoms with van der Waals surface area (Å²) in [4.78, 5) is 12.2. The van der Waals surface area contributed by atoms with E-state index in [2.05, 4.69) is 20.8 Å². The van der Waals surface area contributed by atoms with Crippen molar-refractivity contribution in [2.45, 2.75) is 56.9 Å². The summed E-state index contributed by atoms with van der Waals surface area (Å²) in [6, 6.07) is 0.982. The van der Waals surface area contributed by atoms with E-state index in [1.807, 2.05) is 6.20 Å². The highest BCUT2D eigenvalue weighted by molar-refractivity contribution is 5.92. The van der Waals surface area contributed by atoms with Gasteiger partial charge >= 0.3 is 0 Å². The molecule has 2 aromatic heterocycles. The molecule has 2 aromatic rings. The molecule has 0 aromatic carbocycles. The molecular weight excluding hydrogens is 362 g/mol. The number of carbonyl (C=O) groups is 1. The van der Waals surface area contributed by atoms with Gasteiger partial charge in [-0.2, -0.15) is 0 Å². The summed E-state index contributed by atoms with van der Waals surface area (Å²) in [7, 11) is 0. The van der Waals surface area contributed by atoms with Crippen LogP contribution < -0.4 is 5.32 Å². The number of rotatable bonds is 5. The van der Waals surface area contributed by atoms with Crippen molar-refractivity contribution in [3.63, 3.8) is 0 Å². The summed E-state index contributed by atoms with van der Waals surface area (Å²) < 4.78 is 6.59. The van der Waals surface area contributed by atoms with Gasteiger partial charge in [0, 0.05) is 30.6 Å². The summed E-state index contributed by atoms with van der Waals surface area (Å²) in [5.41, 5.74) is 1.15. The summed E-state index contributed by atoms with van der Waals surface area (Å²) in [6.45, 7) is 2.15. The van der Waals surface area contributed by atoms with Crippen molar-refractivity contribution < 1.29 is 19.5 Å². The third-order valence-corrected chi connectivity index (χ3v) is 4.95. The maximum absolute atomic E-state index is 12.2. The van der Waals surface area contributed by atoms with Gasteiger partial charge < -0.3 is 20.1 Å². The highest BCUT2D eigenvalue weighted by atomic mass is 35.5. The zero-order chi connectivity index (χ0) is 17.6. The minimum atomic E-state index is -1.03. The summed E-state index contributed by atoms with van der Waals surface area (Å²) in [6.07, 6.45) is 2.69. The maximum Gasteiger partial charge on any atom is 0.273 e. The molecule has 2 heterocycles. The van der Waals surface area contributed by atoms with Crippen LogP contribution in [0.15, 0.2) is 16.8 Å². The zero-order valence-electron chi connectivity index (χ0n) is 14.3. The minimum Gasteiger partial charge on any atom is -0.390 e. The standard InChI is InChI=1S/C16H21N5O4.ClH/c1-8-4-12(19-25-8)16(24)17-11-5-10(14(22)15(11)23)6-21-7-13(18-20-21)9-2-3-9;/h4,7,9-11,14-15,22-23H,2-3,5-6H2,1H3,(H,17,24);1H/t10-,11-,14-,15+;/m1./s1. The Morgan fingerprint density at radius 2 is 2.15 bits per heavy atom. The molecule has 3 N–H and O–H groups in total. The number of aryl methyl sites for hydroxylation is 1. The van der Waals surface area contributed by atoms with Gasteiger partial charge in [-0.1, -0.05) is 10.4 Å². The molecule has 0 saturated heterocycles. The van der Waals surface area contributed by atoms with E-state index in [0.717, 1.165) is 18.5 Å². The van der Waals surface area contributed by atoms with E-state index >= 15 is 0 Å². The van der Waals surface area contributed by atoms with E-state index in [9.17, 15) is 15.0 Å². The molecule has 142 valence electrons. The predicted molar refractivity (Wildman–Crippen MR) is 91.9 cm³/mol. The van der Waals surface area contributed by atoms with E-state index in [4.69, 9.17) is 4.52 Å². The van der Waals surface area contributed by atoms with Gasteiger partial charge in [-0.15, -0.1) is 17.5 Å². The van der Waals surface area contributed by atoms with Crippen molar-refractivity contribution in [3.05, 3.63) is 29.4 Å². The number of aromatic nitrogens is 4. The molecule has 1 amide bonds. The van der Waals surface area contributed by atoms with Crippen LogP contribution in [0, 0.1) is 12.8 Å². The molecule has 2 fully saturated rings. The van der Waals surface area contributed by atoms with Crippen LogP contribution in [0.25, 0.3) is 0 Å². The summed E-state index contributed by atoms with van der Waals surface area (Å²) in [5, 5.41) is 35.2. The van der Waals surface area contributed by atoms with E-state index < -0.39 is 24.2 Å². The minimum absolute atomic E-state index is 0. The molecular formula is C16H22ClN5O4. The van der Waals surface area contributed by atoms with Gasteiger partial charge in [0.1, 0.15) is 11.9 Å². The average molecular weight is 384 g/mol. The predicted octanol–water partition coefficient (Wildman–Crippen LogP) is 0.414. The molecule has 0 bridgehead atoms. The second-order valence-corrected chi connectivity index (χ2v) is 7.02. The van der Waals surface area contributed by atoms with Crippen LogP contribution >= 0.6 is 12.4 Å². The first-order valence-corrected chi connectivity index (χ1v) is 8.51. The van der Waals surface area contributed by atoms with E-state index in [0.29, 0.717) is 24.6 Å². The number of amides is 1. The molecule has 0 aliphatic heterocycles. The Hall–Kier alpha value is -1.97. The van der Waals surface area contributed by atoms with Gasteiger partial charge in [-0.25, -0.2) is 0 Å². The zero-order valence-corrected chi connectivity index (χ0v) is 15.1. The molecule has 4 rings (SSSR count). The number of nitrogens with one attached hydrogen (secondary N) is 1. The van der Waals surface area contributed by atoms with Crippen molar-refractivity contribution in [2.75, 3.05) is 0 Å². The third-order valence-electron chi connectivity index (χ3n) is 4.95. The summed E-state index contributed by atoms with van der Waals surface area (Å²) >= 11 is 0. The lowest BCUT2D eigenvalue weighted by atomic mass is 10.1. The number of hydrogen-bond donors (Lipinski definition) is 3. The average Bonchev–Trinajstić information content (AvgIpc) is 3.08. The largest absolute Gasteiger partial charge is 0.390 e. The molecule has 0 unspecified atom stereocenters. The lowest BCUT2D eigenvalue weighted by Crippen LogP contribution is -2.43. The second-order valence-electron chi connectivity index (χ2n) is 7.02. The Kier molecular flexibility index (Phi) is 5.31. The van der Waals surface area contributed by atoms with Crippen LogP contribution in [0.4, 0.5) is 0 Å². The first-order chi connectivity index (χ1) is 12.0. The number of aliphatic hydroxyl groups is 2. The lowest BCUT2D eigenvalue weighted by Gasteiger charge is -2.17. The number of nitrogens with zero attached hydrogens (tertiary/aromatic N) is 4. The van der Waals surface area contributed by atoms with Crippen molar-refractivity contribution in [3.8, 4) is 0 Å². The second kappa shape index (κ2) is 7.34. The number of halogens is 1. The molecule has 10 heteroatoms. The fourth-order valence-electron chi connectivity index (χ4n) is 3.37. The fraction of sp³-hybridized carbons (Fsp3) is 0.625. The summed E-state index contributed by atoms with van der Waals surface area (Å²) in [5.74, 6) is 0.414. The highest BCUT2D eigenvalue weighted by Crippen LogP contribution is 2.38. The van der Waals surface area contributed by atoms with Gasteiger partial charge in [0.2, 0.25) is 0 Å². The number of hydrogen-bond acceptors (Lipinski definition) is 7. The third kappa shape index (κ3) is 3.74. The van der Waals surface area contributed by atoms with Crippen LogP contribution in [-0.4, -0.2) is 54.5 Å². The first-order valence-electron chi connectivity index (χ1n) is 8.51. The SMILES string of the molecule is Cc1cc(C(=O)N[C@@H]2C[C@H](Cn3cc(C4CC4)nn3)[C@@H](O)[C@H]2O)no1.Cl. The van der Waals surface area contributed by atoms with Gasteiger partial charge in [0.25, 0.3) is 5.91 Å². The van der Waals surface area contributed by atoms with Crippen LogP contribution in [0.3, 0.4) is 0 Å². The van der Waals surface area contributed by atoms with Crippen LogP contribution in [0.2, 0.25) is 0 Å². The van der Waals surface area contributed by atoms with E-state index in [-0.39, 0.29) is 24.0 Å². The Balaban J connectivity index is 0.00000196. The topological polar surface area (TPSA) is 126 Å². The number of aliphatic hydroxyl groups excluding tert-OH is 2. The van der Waals surface area contributed by atoms with Crippen LogP contribution in [0.5, 0.6) is 0 Å². The number of carbonyl (C=O) groups excluding carboxylic acids is 1. The Morgan fingerprint density at radius 1 is 1.38 bits per heavy atom. The maximum atomic E-state index is 12.2. The highest BCUT2D eigenvalue weighted by Gasteiger charge is 2.42. The quantitative estimate of drug-likeness (QED) is 0.682. The monoisotopic (exact) mass is 383 g/mol. The van der Waals surface area contributed by atoms with Crippen LogP contribution in [-0.2, 0) is 6.54 Å². The molecule has 4 atom stereocenters. The van der Waals surface area contributed by atoms with E-state index in [1.165, 1.54) is 6.07 Å². The van der Waals surface area contributed by atoms with Gasteiger partial charge in [-0.05, 0) is 26.2 Å². The molecule has 2 saturated carbocycles. The smallest absolute Gasteiger partial charge is 0.273 e. The van der Waals surface area contributed by atoms with Crippen molar-refractivity contribution in [2.24, 2.45) is 5.92 Å². The molecule has 2 aliphatic rings. The van der Waals surface area contributed by atoms with E-state index in [1.54, 1.807) is 11.6 Å². The molecule has 0 radical (unpaired) electrons. The molecule has 9 nitrogen and oxygen atoms in total. The van der Waals surface area contributed by atoms with Crippen molar-refractivity contribution in [1.29, 1.82) is 0 Å². The molecule has 2 aliphatic carbocycles. The van der Waals surface area contributed by atoms with Crippen LogP contribution in [0.1, 0.15) is 47.1 Å². The van der Waals surface area contributed by atoms with Gasteiger partial charge in [-0.3, -0.25) is 9.48 Å². The Bertz CT molecular complexity index is 774. The Labute approximate surface area is 156 Å². The molecule has 0 spiro atoms. The lowest BCUT2D eigenvalue weighted by molar-refractivity contribution is 0.00757. The fourth-order valence-corrected chi connectivity index (χ4v) is 3.37. The van der Waals surface area contributed by atoms with Gasteiger partial charge in [0.05, 0.1) is 17.8 Å².